The number of likely N-dealkylation sites (N-methyl/N-ethyl adjacent to an activating group) is 1. The van der Waals surface area contributed by atoms with Crippen LogP contribution in [0.25, 0.3) is 0 Å². The van der Waals surface area contributed by atoms with Crippen LogP contribution in [0.2, 0.25) is 0 Å². The molecule has 0 spiro atoms. The summed E-state index contributed by atoms with van der Waals surface area (Å²) in [6.45, 7) is 3.29. The zero-order valence-electron chi connectivity index (χ0n) is 12.2. The predicted octanol–water partition coefficient (Wildman–Crippen LogP) is 3.62. The molecule has 2 atom stereocenters. The Kier molecular flexibility index (Phi) is 4.32. The fourth-order valence-corrected chi connectivity index (χ4v) is 2.99. The summed E-state index contributed by atoms with van der Waals surface area (Å²) in [6, 6.07) is 15.4. The minimum atomic E-state index is -0.201. The molecule has 2 unspecified atom stereocenters. The molecule has 1 N–H and O–H groups in total. The van der Waals surface area contributed by atoms with E-state index in [1.165, 1.54) is 17.2 Å². The normalized spacial score (nSPS) is 20.5. The van der Waals surface area contributed by atoms with Gasteiger partial charge in [0, 0.05) is 12.0 Å². The van der Waals surface area contributed by atoms with Gasteiger partial charge in [0.25, 0.3) is 0 Å². The quantitative estimate of drug-likeness (QED) is 0.906. The minimum absolute atomic E-state index is 0.0574. The Morgan fingerprint density at radius 2 is 1.90 bits per heavy atom. The van der Waals surface area contributed by atoms with Gasteiger partial charge in [-0.05, 0) is 23.7 Å². The van der Waals surface area contributed by atoms with Crippen molar-refractivity contribution in [3.05, 3.63) is 71.0 Å². The number of hydrogen-bond donors (Lipinski definition) is 1. The molecule has 0 fully saturated rings. The van der Waals surface area contributed by atoms with Crippen LogP contribution in [-0.2, 0) is 17.8 Å². The highest BCUT2D eigenvalue weighted by Crippen LogP contribution is 2.33. The summed E-state index contributed by atoms with van der Waals surface area (Å²) in [4.78, 5) is 0. The highest BCUT2D eigenvalue weighted by Gasteiger charge is 2.32. The van der Waals surface area contributed by atoms with Crippen molar-refractivity contribution in [1.29, 1.82) is 0 Å². The van der Waals surface area contributed by atoms with Crippen LogP contribution >= 0.6 is 0 Å². The van der Waals surface area contributed by atoms with Crippen LogP contribution in [0.4, 0.5) is 4.39 Å². The largest absolute Gasteiger partial charge is 0.371 e. The molecule has 2 aromatic rings. The number of fused-ring (bicyclic) bond motifs is 1. The van der Waals surface area contributed by atoms with E-state index in [-0.39, 0.29) is 18.0 Å². The topological polar surface area (TPSA) is 21.3 Å². The van der Waals surface area contributed by atoms with E-state index in [9.17, 15) is 4.39 Å². The molecular formula is C18H20FNO. The maximum absolute atomic E-state index is 13.7. The van der Waals surface area contributed by atoms with Gasteiger partial charge >= 0.3 is 0 Å². The molecule has 0 saturated heterocycles. The Hall–Kier alpha value is -1.71. The molecule has 110 valence electrons. The van der Waals surface area contributed by atoms with Crippen molar-refractivity contribution in [2.75, 3.05) is 6.54 Å². The Morgan fingerprint density at radius 1 is 1.14 bits per heavy atom. The summed E-state index contributed by atoms with van der Waals surface area (Å²) in [6.07, 6.45) is 0.935. The standard InChI is InChI=1S/C18H20FNO/c1-2-20-18-15-9-5-3-7-13(15)11-17(18)21-12-14-8-4-6-10-16(14)19/h3-10,17-18,20H,2,11-12H2,1H3. The lowest BCUT2D eigenvalue weighted by atomic mass is 10.1. The molecule has 1 aliphatic carbocycles. The van der Waals surface area contributed by atoms with E-state index in [0.29, 0.717) is 12.2 Å². The number of nitrogens with one attached hydrogen (secondary N) is 1. The molecule has 0 amide bonds. The monoisotopic (exact) mass is 285 g/mol. The van der Waals surface area contributed by atoms with Crippen molar-refractivity contribution in [2.24, 2.45) is 0 Å². The van der Waals surface area contributed by atoms with E-state index in [0.717, 1.165) is 13.0 Å². The van der Waals surface area contributed by atoms with Crippen LogP contribution in [0.15, 0.2) is 48.5 Å². The zero-order valence-corrected chi connectivity index (χ0v) is 12.2. The van der Waals surface area contributed by atoms with Crippen LogP contribution in [0.1, 0.15) is 29.7 Å². The fourth-order valence-electron chi connectivity index (χ4n) is 2.99. The Morgan fingerprint density at radius 3 is 2.71 bits per heavy atom. The predicted molar refractivity (Wildman–Crippen MR) is 81.5 cm³/mol. The zero-order chi connectivity index (χ0) is 14.7. The molecule has 2 aromatic carbocycles. The van der Waals surface area contributed by atoms with Gasteiger partial charge in [-0.2, -0.15) is 0 Å². The third-order valence-electron chi connectivity index (χ3n) is 4.02. The van der Waals surface area contributed by atoms with Gasteiger partial charge in [-0.3, -0.25) is 0 Å². The maximum atomic E-state index is 13.7. The van der Waals surface area contributed by atoms with E-state index in [1.807, 2.05) is 6.07 Å². The van der Waals surface area contributed by atoms with Gasteiger partial charge in [0.2, 0.25) is 0 Å². The first kappa shape index (κ1) is 14.2. The van der Waals surface area contributed by atoms with E-state index < -0.39 is 0 Å². The van der Waals surface area contributed by atoms with Gasteiger partial charge in [0.15, 0.2) is 0 Å². The summed E-state index contributed by atoms with van der Waals surface area (Å²) in [5.41, 5.74) is 3.24. The number of benzene rings is 2. The molecular weight excluding hydrogens is 265 g/mol. The summed E-state index contributed by atoms with van der Waals surface area (Å²) in [7, 11) is 0. The molecule has 0 bridgehead atoms. The molecule has 0 aliphatic heterocycles. The van der Waals surface area contributed by atoms with Crippen LogP contribution in [0, 0.1) is 5.82 Å². The number of rotatable bonds is 5. The van der Waals surface area contributed by atoms with E-state index in [4.69, 9.17) is 4.74 Å². The third kappa shape index (κ3) is 2.99. The molecule has 0 saturated carbocycles. The lowest BCUT2D eigenvalue weighted by Gasteiger charge is -2.22. The lowest BCUT2D eigenvalue weighted by Crippen LogP contribution is -2.30. The first-order valence-electron chi connectivity index (χ1n) is 7.45. The van der Waals surface area contributed by atoms with Crippen LogP contribution in [-0.4, -0.2) is 12.6 Å². The molecule has 1 aliphatic rings. The van der Waals surface area contributed by atoms with Gasteiger partial charge in [-0.1, -0.05) is 49.4 Å². The number of hydrogen-bond acceptors (Lipinski definition) is 2. The first-order chi connectivity index (χ1) is 10.3. The average Bonchev–Trinajstić information content (AvgIpc) is 2.85. The van der Waals surface area contributed by atoms with Crippen molar-refractivity contribution in [2.45, 2.75) is 32.1 Å². The molecule has 2 nitrogen and oxygen atoms in total. The van der Waals surface area contributed by atoms with Gasteiger partial charge in [-0.25, -0.2) is 4.39 Å². The van der Waals surface area contributed by atoms with Crippen LogP contribution in [0.3, 0.4) is 0 Å². The van der Waals surface area contributed by atoms with Crippen molar-refractivity contribution in [3.8, 4) is 0 Å². The van der Waals surface area contributed by atoms with Gasteiger partial charge < -0.3 is 10.1 Å². The van der Waals surface area contributed by atoms with E-state index >= 15 is 0 Å². The molecule has 0 heterocycles. The second kappa shape index (κ2) is 6.37. The van der Waals surface area contributed by atoms with Crippen molar-refractivity contribution in [1.82, 2.24) is 5.32 Å². The fraction of sp³-hybridized carbons (Fsp3) is 0.333. The summed E-state index contributed by atoms with van der Waals surface area (Å²) >= 11 is 0. The maximum Gasteiger partial charge on any atom is 0.128 e. The second-order valence-corrected chi connectivity index (χ2v) is 5.38. The van der Waals surface area contributed by atoms with Gasteiger partial charge in [0.05, 0.1) is 18.8 Å². The molecule has 3 heteroatoms. The van der Waals surface area contributed by atoms with E-state index in [1.54, 1.807) is 12.1 Å². The summed E-state index contributed by atoms with van der Waals surface area (Å²) in [5, 5.41) is 3.48. The third-order valence-corrected chi connectivity index (χ3v) is 4.02. The highest BCUT2D eigenvalue weighted by atomic mass is 19.1. The van der Waals surface area contributed by atoms with Crippen LogP contribution < -0.4 is 5.32 Å². The Balaban J connectivity index is 1.72. The first-order valence-corrected chi connectivity index (χ1v) is 7.45. The lowest BCUT2D eigenvalue weighted by molar-refractivity contribution is 0.0218. The number of halogens is 1. The van der Waals surface area contributed by atoms with Crippen LogP contribution in [0.5, 0.6) is 0 Å². The average molecular weight is 285 g/mol. The van der Waals surface area contributed by atoms with Gasteiger partial charge in [-0.15, -0.1) is 0 Å². The molecule has 3 rings (SSSR count). The smallest absolute Gasteiger partial charge is 0.128 e. The van der Waals surface area contributed by atoms with Crippen molar-refractivity contribution >= 4 is 0 Å². The van der Waals surface area contributed by atoms with Crippen molar-refractivity contribution in [3.63, 3.8) is 0 Å². The Bertz CT molecular complexity index is 614. The number of ether oxygens (including phenoxy) is 1. The second-order valence-electron chi connectivity index (χ2n) is 5.38. The minimum Gasteiger partial charge on any atom is -0.371 e. The highest BCUT2D eigenvalue weighted by molar-refractivity contribution is 5.36. The summed E-state index contributed by atoms with van der Waals surface area (Å²) < 4.78 is 19.7. The van der Waals surface area contributed by atoms with E-state index in [2.05, 4.69) is 36.5 Å². The molecule has 21 heavy (non-hydrogen) atoms. The van der Waals surface area contributed by atoms with Crippen molar-refractivity contribution < 1.29 is 9.13 Å². The SMILES string of the molecule is CCNC1c2ccccc2CC1OCc1ccccc1F. The Labute approximate surface area is 125 Å². The molecule has 0 aromatic heterocycles. The van der Waals surface area contributed by atoms with Gasteiger partial charge in [0.1, 0.15) is 5.82 Å². The molecule has 0 radical (unpaired) electrons. The summed E-state index contributed by atoms with van der Waals surface area (Å²) in [5.74, 6) is -0.201.